The van der Waals surface area contributed by atoms with Crippen molar-refractivity contribution in [2.75, 3.05) is 21.3 Å². The first kappa shape index (κ1) is 17.1. The molecule has 0 fully saturated rings. The van der Waals surface area contributed by atoms with Gasteiger partial charge < -0.3 is 14.2 Å². The molecule has 8 nitrogen and oxygen atoms in total. The van der Waals surface area contributed by atoms with Crippen molar-refractivity contribution in [3.63, 3.8) is 0 Å². The molecule has 0 saturated heterocycles. The topological polar surface area (TPSA) is 105 Å². The third kappa shape index (κ3) is 7.39. The van der Waals surface area contributed by atoms with E-state index in [0.717, 1.165) is 0 Å². The van der Waals surface area contributed by atoms with Crippen LogP contribution in [-0.2, 0) is 23.8 Å². The third-order valence-corrected chi connectivity index (χ3v) is 1.61. The molecule has 1 rings (SSSR count). The van der Waals surface area contributed by atoms with E-state index in [4.69, 9.17) is 0 Å². The van der Waals surface area contributed by atoms with Gasteiger partial charge in [-0.05, 0) is 6.07 Å². The van der Waals surface area contributed by atoms with E-state index in [0.29, 0.717) is 0 Å². The van der Waals surface area contributed by atoms with Crippen molar-refractivity contribution >= 4 is 17.9 Å². The lowest BCUT2D eigenvalue weighted by Crippen LogP contribution is -2.03. The van der Waals surface area contributed by atoms with Crippen molar-refractivity contribution in [1.29, 1.82) is 0 Å². The van der Waals surface area contributed by atoms with E-state index in [1.54, 1.807) is 0 Å². The van der Waals surface area contributed by atoms with Gasteiger partial charge in [0.15, 0.2) is 5.69 Å². The van der Waals surface area contributed by atoms with Gasteiger partial charge in [0.1, 0.15) is 6.33 Å². The van der Waals surface area contributed by atoms with Gasteiger partial charge in [0, 0.05) is 18.0 Å². The van der Waals surface area contributed by atoms with Crippen LogP contribution in [0.1, 0.15) is 10.5 Å². The molecule has 0 aliphatic rings. The fraction of sp³-hybridized carbons (Fsp3) is 0.250. The molecule has 1 aromatic rings. The first-order chi connectivity index (χ1) is 9.54. The van der Waals surface area contributed by atoms with Crippen molar-refractivity contribution in [3.05, 3.63) is 24.3 Å². The van der Waals surface area contributed by atoms with E-state index in [1.807, 2.05) is 11.8 Å². The summed E-state index contributed by atoms with van der Waals surface area (Å²) in [6, 6.07) is 1.49. The fourth-order valence-electron chi connectivity index (χ4n) is 0.720. The van der Waals surface area contributed by atoms with Gasteiger partial charge in [0.25, 0.3) is 0 Å². The molecule has 0 bridgehead atoms. The Morgan fingerprint density at radius 1 is 1.00 bits per heavy atom. The van der Waals surface area contributed by atoms with E-state index in [1.165, 1.54) is 39.9 Å². The van der Waals surface area contributed by atoms with Gasteiger partial charge in [-0.1, -0.05) is 0 Å². The van der Waals surface area contributed by atoms with E-state index in [-0.39, 0.29) is 5.69 Å². The summed E-state index contributed by atoms with van der Waals surface area (Å²) in [5.41, 5.74) is 0.275. The van der Waals surface area contributed by atoms with Crippen molar-refractivity contribution in [2.24, 2.45) is 0 Å². The van der Waals surface area contributed by atoms with Gasteiger partial charge in [-0.3, -0.25) is 0 Å². The molecule has 0 radical (unpaired) electrons. The van der Waals surface area contributed by atoms with Gasteiger partial charge in [-0.25, -0.2) is 24.4 Å². The lowest BCUT2D eigenvalue weighted by Gasteiger charge is -1.93. The van der Waals surface area contributed by atoms with Crippen LogP contribution in [0.4, 0.5) is 0 Å². The molecular formula is C12H12N2O6. The van der Waals surface area contributed by atoms with Crippen LogP contribution in [0, 0.1) is 11.8 Å². The molecule has 0 aromatic carbocycles. The van der Waals surface area contributed by atoms with Crippen LogP contribution in [0.2, 0.25) is 0 Å². The highest BCUT2D eigenvalue weighted by atomic mass is 16.5. The van der Waals surface area contributed by atoms with Crippen LogP contribution in [-0.4, -0.2) is 49.2 Å². The van der Waals surface area contributed by atoms with E-state index in [2.05, 4.69) is 24.2 Å². The summed E-state index contributed by atoms with van der Waals surface area (Å²) in [7, 11) is 3.66. The molecule has 0 unspecified atom stereocenters. The number of methoxy groups -OCH3 is 3. The molecule has 1 heterocycles. The first-order valence-electron chi connectivity index (χ1n) is 5.07. The molecule has 0 aliphatic heterocycles. The van der Waals surface area contributed by atoms with Crippen molar-refractivity contribution in [3.8, 4) is 11.8 Å². The van der Waals surface area contributed by atoms with E-state index in [9.17, 15) is 14.4 Å². The molecule has 0 atom stereocenters. The number of carbonyl (C=O) groups is 3. The molecule has 1 aromatic heterocycles. The van der Waals surface area contributed by atoms with E-state index >= 15 is 0 Å². The van der Waals surface area contributed by atoms with Crippen molar-refractivity contribution < 1.29 is 28.6 Å². The molecule has 106 valence electrons. The number of carbonyl (C=O) groups excluding carboxylic acids is 3. The van der Waals surface area contributed by atoms with Gasteiger partial charge in [-0.15, -0.1) is 0 Å². The summed E-state index contributed by atoms with van der Waals surface area (Å²) in [4.78, 5) is 38.5. The first-order valence-corrected chi connectivity index (χ1v) is 5.07. The number of rotatable bonds is 1. The quantitative estimate of drug-likeness (QED) is 0.296. The number of aromatic nitrogens is 2. The van der Waals surface area contributed by atoms with Crippen LogP contribution >= 0.6 is 0 Å². The van der Waals surface area contributed by atoms with Gasteiger partial charge in [0.05, 0.1) is 21.3 Å². The zero-order valence-corrected chi connectivity index (χ0v) is 11.1. The maximum Gasteiger partial charge on any atom is 0.384 e. The average Bonchev–Trinajstić information content (AvgIpc) is 2.52. The number of esters is 3. The van der Waals surface area contributed by atoms with E-state index < -0.39 is 17.9 Å². The Hall–Kier alpha value is -2.95. The van der Waals surface area contributed by atoms with Crippen molar-refractivity contribution in [2.45, 2.75) is 0 Å². The van der Waals surface area contributed by atoms with Gasteiger partial charge in [-0.2, -0.15) is 0 Å². The maximum absolute atomic E-state index is 10.7. The summed E-state index contributed by atoms with van der Waals surface area (Å²) in [6.45, 7) is 0. The number of hydrogen-bond donors (Lipinski definition) is 0. The van der Waals surface area contributed by atoms with Crippen LogP contribution in [0.5, 0.6) is 0 Å². The zero-order chi connectivity index (χ0) is 15.4. The van der Waals surface area contributed by atoms with Crippen LogP contribution in [0.15, 0.2) is 18.6 Å². The number of nitrogens with zero attached hydrogens (tertiary/aromatic N) is 2. The Balaban J connectivity index is 0.000000361. The monoisotopic (exact) mass is 280 g/mol. The lowest BCUT2D eigenvalue weighted by atomic mass is 10.4. The highest BCUT2D eigenvalue weighted by molar-refractivity contribution is 5.98. The summed E-state index contributed by atoms with van der Waals surface area (Å²) < 4.78 is 12.7. The van der Waals surface area contributed by atoms with Crippen LogP contribution in [0.25, 0.3) is 0 Å². The molecule has 0 N–H and O–H groups in total. The largest absolute Gasteiger partial charge is 0.464 e. The summed E-state index contributed by atoms with van der Waals surface area (Å²) >= 11 is 0. The fourth-order valence-corrected chi connectivity index (χ4v) is 0.720. The molecule has 8 heteroatoms. The molecule has 0 spiro atoms. The van der Waals surface area contributed by atoms with Gasteiger partial charge in [0.2, 0.25) is 0 Å². The highest BCUT2D eigenvalue weighted by Crippen LogP contribution is 1.91. The lowest BCUT2D eigenvalue weighted by molar-refractivity contribution is -0.135. The normalized spacial score (nSPS) is 7.95. The van der Waals surface area contributed by atoms with Crippen molar-refractivity contribution in [1.82, 2.24) is 9.97 Å². The average molecular weight is 280 g/mol. The zero-order valence-electron chi connectivity index (χ0n) is 11.1. The predicted octanol–water partition coefficient (Wildman–Crippen LogP) is -0.401. The second-order valence-electron chi connectivity index (χ2n) is 2.82. The Morgan fingerprint density at radius 3 is 1.90 bits per heavy atom. The summed E-state index contributed by atoms with van der Waals surface area (Å²) in [5.74, 6) is 1.83. The standard InChI is InChI=1S/C6H6N2O2.C6H6O4/c1-10-6(9)5-2-3-7-4-8-5;1-9-5(7)3-4-6(8)10-2/h2-4H,1H3;1-2H3. The SMILES string of the molecule is COC(=O)C#CC(=O)OC.COC(=O)c1ccncn1. The second-order valence-corrected chi connectivity index (χ2v) is 2.82. The minimum Gasteiger partial charge on any atom is -0.464 e. The van der Waals surface area contributed by atoms with Gasteiger partial charge >= 0.3 is 17.9 Å². The molecule has 20 heavy (non-hydrogen) atoms. The number of hydrogen-bond acceptors (Lipinski definition) is 8. The van der Waals surface area contributed by atoms with Crippen LogP contribution < -0.4 is 0 Å². The number of ether oxygens (including phenoxy) is 3. The summed E-state index contributed by atoms with van der Waals surface area (Å²) in [5, 5.41) is 0. The molecule has 0 aliphatic carbocycles. The molecule has 0 amide bonds. The summed E-state index contributed by atoms with van der Waals surface area (Å²) in [6.07, 6.45) is 2.78. The third-order valence-electron chi connectivity index (χ3n) is 1.61. The highest BCUT2D eigenvalue weighted by Gasteiger charge is 2.03. The van der Waals surface area contributed by atoms with Crippen LogP contribution in [0.3, 0.4) is 0 Å². The maximum atomic E-state index is 10.7. The Bertz CT molecular complexity index is 498. The Kier molecular flexibility index (Phi) is 8.54. The second kappa shape index (κ2) is 10.0. The Morgan fingerprint density at radius 2 is 1.55 bits per heavy atom. The molecule has 0 saturated carbocycles. The predicted molar refractivity (Wildman–Crippen MR) is 65.2 cm³/mol. The smallest absolute Gasteiger partial charge is 0.384 e. The molecular weight excluding hydrogens is 268 g/mol. The minimum atomic E-state index is -0.759. The Labute approximate surface area is 115 Å². The minimum absolute atomic E-state index is 0.275.